The first kappa shape index (κ1) is 18.6. The predicted molar refractivity (Wildman–Crippen MR) is 108 cm³/mol. The first-order valence-electron chi connectivity index (χ1n) is 8.80. The van der Waals surface area contributed by atoms with Crippen molar-refractivity contribution >= 4 is 11.6 Å². The lowest BCUT2D eigenvalue weighted by Crippen LogP contribution is -2.18. The molecule has 1 aromatic carbocycles. The molecule has 1 N–H and O–H groups in total. The van der Waals surface area contributed by atoms with E-state index in [0.717, 1.165) is 16.8 Å². The number of halogens is 1. The number of imidazole rings is 1. The standard InChI is InChI=1S/C21H15ClN6O/c22-19-12-24-11-18(27-19)21(16-5-6-26-20(29)8-16)28-13-25-10-17(28)7-14-1-3-15(9-23)4-2-14/h1-6,8,10-13,21H,7H2,(H,26,29). The van der Waals surface area contributed by atoms with Crippen molar-refractivity contribution in [3.05, 3.63) is 111 Å². The summed E-state index contributed by atoms with van der Waals surface area (Å²) in [6.45, 7) is 0. The van der Waals surface area contributed by atoms with Crippen LogP contribution < -0.4 is 5.56 Å². The number of benzene rings is 1. The van der Waals surface area contributed by atoms with E-state index < -0.39 is 6.04 Å². The van der Waals surface area contributed by atoms with Crippen molar-refractivity contribution in [1.29, 1.82) is 5.26 Å². The highest BCUT2D eigenvalue weighted by molar-refractivity contribution is 6.29. The molecule has 8 heteroatoms. The molecule has 3 heterocycles. The lowest BCUT2D eigenvalue weighted by atomic mass is 10.0. The topological polar surface area (TPSA) is 100 Å². The lowest BCUT2D eigenvalue weighted by Gasteiger charge is -2.21. The predicted octanol–water partition coefficient (Wildman–Crippen LogP) is 3.11. The quantitative estimate of drug-likeness (QED) is 0.552. The summed E-state index contributed by atoms with van der Waals surface area (Å²) in [5.74, 6) is 0. The van der Waals surface area contributed by atoms with Crippen molar-refractivity contribution < 1.29 is 0 Å². The molecule has 4 aromatic rings. The van der Waals surface area contributed by atoms with Crippen LogP contribution in [0.25, 0.3) is 0 Å². The molecule has 29 heavy (non-hydrogen) atoms. The number of aromatic amines is 1. The lowest BCUT2D eigenvalue weighted by molar-refractivity contribution is 0.628. The Labute approximate surface area is 171 Å². The number of rotatable bonds is 5. The molecule has 7 nitrogen and oxygen atoms in total. The Kier molecular flexibility index (Phi) is 5.18. The fraction of sp³-hybridized carbons (Fsp3) is 0.0952. The average molecular weight is 403 g/mol. The average Bonchev–Trinajstić information content (AvgIpc) is 3.17. The van der Waals surface area contributed by atoms with Gasteiger partial charge in [-0.05, 0) is 29.3 Å². The van der Waals surface area contributed by atoms with Gasteiger partial charge in [0, 0.05) is 30.6 Å². The molecule has 0 aliphatic heterocycles. The molecule has 1 atom stereocenters. The van der Waals surface area contributed by atoms with E-state index in [1.54, 1.807) is 37.1 Å². The van der Waals surface area contributed by atoms with Gasteiger partial charge in [-0.3, -0.25) is 9.78 Å². The fourth-order valence-electron chi connectivity index (χ4n) is 3.20. The van der Waals surface area contributed by atoms with E-state index in [9.17, 15) is 4.79 Å². The van der Waals surface area contributed by atoms with Gasteiger partial charge in [0.2, 0.25) is 5.56 Å². The van der Waals surface area contributed by atoms with Gasteiger partial charge in [0.05, 0.1) is 36.0 Å². The number of nitrogens with zero attached hydrogens (tertiary/aromatic N) is 5. The number of hydrogen-bond acceptors (Lipinski definition) is 5. The third-order valence-corrected chi connectivity index (χ3v) is 4.69. The van der Waals surface area contributed by atoms with Crippen LogP contribution >= 0.6 is 11.6 Å². The Balaban J connectivity index is 1.79. The zero-order valence-electron chi connectivity index (χ0n) is 15.2. The Hall–Kier alpha value is -3.76. The van der Waals surface area contributed by atoms with Crippen LogP contribution in [-0.4, -0.2) is 24.5 Å². The molecule has 0 fully saturated rings. The maximum absolute atomic E-state index is 11.9. The number of aromatic nitrogens is 5. The second-order valence-electron chi connectivity index (χ2n) is 6.43. The van der Waals surface area contributed by atoms with E-state index in [1.165, 1.54) is 12.3 Å². The monoisotopic (exact) mass is 402 g/mol. The van der Waals surface area contributed by atoms with Gasteiger partial charge < -0.3 is 9.55 Å². The van der Waals surface area contributed by atoms with Gasteiger partial charge >= 0.3 is 0 Å². The summed E-state index contributed by atoms with van der Waals surface area (Å²) in [6, 6.07) is 12.4. The summed E-state index contributed by atoms with van der Waals surface area (Å²) in [7, 11) is 0. The van der Waals surface area contributed by atoms with Crippen molar-refractivity contribution in [3.63, 3.8) is 0 Å². The molecule has 0 aliphatic rings. The van der Waals surface area contributed by atoms with E-state index >= 15 is 0 Å². The third kappa shape index (κ3) is 4.08. The van der Waals surface area contributed by atoms with Crippen LogP contribution in [0.4, 0.5) is 0 Å². The van der Waals surface area contributed by atoms with Gasteiger partial charge in [-0.2, -0.15) is 5.26 Å². The van der Waals surface area contributed by atoms with Gasteiger partial charge in [-0.1, -0.05) is 23.7 Å². The first-order chi connectivity index (χ1) is 14.1. The van der Waals surface area contributed by atoms with E-state index in [-0.39, 0.29) is 10.7 Å². The zero-order valence-corrected chi connectivity index (χ0v) is 15.9. The molecule has 0 radical (unpaired) electrons. The second-order valence-corrected chi connectivity index (χ2v) is 6.82. The van der Waals surface area contributed by atoms with Crippen molar-refractivity contribution in [2.75, 3.05) is 0 Å². The van der Waals surface area contributed by atoms with Gasteiger partial charge in [-0.25, -0.2) is 9.97 Å². The molecule has 3 aromatic heterocycles. The number of hydrogen-bond donors (Lipinski definition) is 1. The molecule has 0 saturated carbocycles. The molecule has 142 valence electrons. The summed E-state index contributed by atoms with van der Waals surface area (Å²) in [6.07, 6.45) is 8.76. The number of nitriles is 1. The highest BCUT2D eigenvalue weighted by Gasteiger charge is 2.21. The normalized spacial score (nSPS) is 11.7. The minimum Gasteiger partial charge on any atom is -0.329 e. The van der Waals surface area contributed by atoms with Gasteiger partial charge in [0.15, 0.2) is 0 Å². The highest BCUT2D eigenvalue weighted by atomic mass is 35.5. The van der Waals surface area contributed by atoms with Crippen LogP contribution in [0.2, 0.25) is 5.15 Å². The molecule has 0 saturated heterocycles. The van der Waals surface area contributed by atoms with Crippen molar-refractivity contribution in [3.8, 4) is 6.07 Å². The smallest absolute Gasteiger partial charge is 0.248 e. The molecule has 0 aliphatic carbocycles. The fourth-order valence-corrected chi connectivity index (χ4v) is 3.35. The minimum absolute atomic E-state index is 0.212. The van der Waals surface area contributed by atoms with Crippen LogP contribution in [0.3, 0.4) is 0 Å². The van der Waals surface area contributed by atoms with E-state index in [1.807, 2.05) is 22.8 Å². The van der Waals surface area contributed by atoms with Crippen molar-refractivity contribution in [2.45, 2.75) is 12.5 Å². The number of pyridine rings is 1. The Bertz CT molecular complexity index is 1240. The molecule has 1 unspecified atom stereocenters. The molecule has 0 bridgehead atoms. The van der Waals surface area contributed by atoms with Crippen molar-refractivity contribution in [1.82, 2.24) is 24.5 Å². The molecular formula is C21H15ClN6O. The molecule has 0 amide bonds. The van der Waals surface area contributed by atoms with Crippen LogP contribution in [-0.2, 0) is 6.42 Å². The first-order valence-corrected chi connectivity index (χ1v) is 9.17. The van der Waals surface area contributed by atoms with Crippen LogP contribution in [0, 0.1) is 11.3 Å². The minimum atomic E-state index is -0.417. The summed E-state index contributed by atoms with van der Waals surface area (Å²) >= 11 is 6.07. The molecule has 0 spiro atoms. The molecular weight excluding hydrogens is 388 g/mol. The summed E-state index contributed by atoms with van der Waals surface area (Å²) in [5.41, 5.74) is 3.69. The Morgan fingerprint density at radius 3 is 2.69 bits per heavy atom. The Morgan fingerprint density at radius 2 is 1.97 bits per heavy atom. The van der Waals surface area contributed by atoms with Crippen molar-refractivity contribution in [2.24, 2.45) is 0 Å². The van der Waals surface area contributed by atoms with Gasteiger partial charge in [0.25, 0.3) is 0 Å². The summed E-state index contributed by atoms with van der Waals surface area (Å²) in [5, 5.41) is 9.25. The van der Waals surface area contributed by atoms with E-state index in [0.29, 0.717) is 17.7 Å². The summed E-state index contributed by atoms with van der Waals surface area (Å²) < 4.78 is 1.95. The van der Waals surface area contributed by atoms with Gasteiger partial charge in [0.1, 0.15) is 11.2 Å². The maximum Gasteiger partial charge on any atom is 0.248 e. The second kappa shape index (κ2) is 8.09. The maximum atomic E-state index is 11.9. The highest BCUT2D eigenvalue weighted by Crippen LogP contribution is 2.27. The summed E-state index contributed by atoms with van der Waals surface area (Å²) in [4.78, 5) is 27.4. The molecule has 4 rings (SSSR count). The largest absolute Gasteiger partial charge is 0.329 e. The number of nitrogens with one attached hydrogen (secondary N) is 1. The SMILES string of the molecule is N#Cc1ccc(Cc2cncn2C(c2cc[nH]c(=O)c2)c2cncc(Cl)n2)cc1. The third-order valence-electron chi connectivity index (χ3n) is 4.51. The van der Waals surface area contributed by atoms with Gasteiger partial charge in [-0.15, -0.1) is 0 Å². The van der Waals surface area contributed by atoms with E-state index in [2.05, 4.69) is 26.0 Å². The zero-order chi connectivity index (χ0) is 20.2. The van der Waals surface area contributed by atoms with E-state index in [4.69, 9.17) is 16.9 Å². The van der Waals surface area contributed by atoms with Crippen LogP contribution in [0.1, 0.15) is 34.1 Å². The van der Waals surface area contributed by atoms with Crippen LogP contribution in [0.15, 0.2) is 72.3 Å². The van der Waals surface area contributed by atoms with Crippen LogP contribution in [0.5, 0.6) is 0 Å². The number of H-pyrrole nitrogens is 1. The Morgan fingerprint density at radius 1 is 1.14 bits per heavy atom.